The van der Waals surface area contributed by atoms with Crippen LogP contribution in [0.25, 0.3) is 0 Å². The molecule has 0 aromatic heterocycles. The average Bonchev–Trinajstić information content (AvgIpc) is 3.35. The summed E-state index contributed by atoms with van der Waals surface area (Å²) in [4.78, 5) is 32.9. The number of aliphatic hydroxyl groups is 1. The minimum absolute atomic E-state index is 0.0707. The number of Topliss-reactive ketones (excluding diaryl/α,β-unsaturated/α-hetero) is 1. The van der Waals surface area contributed by atoms with Crippen LogP contribution in [-0.2, 0) is 35.3 Å². The van der Waals surface area contributed by atoms with Gasteiger partial charge in [0.1, 0.15) is 6.61 Å². The molecule has 1 aromatic carbocycles. The standard InChI is InChI=1S/C30H37NO7S/c1-28-12-11-22(32)13-20(28)9-10-23-24-14-21-17-31(16-19-7-5-4-6-8-19)38-30(21,26(34)18-37-39(3,35)36)29(24,2)15-25(33)27(23)28/h4-9,11-12,21,23-25,27,33H,10,13-18H2,1-3H3/t21-,23-,24-,25-,27+,28-,29-,30-/m0/s1. The summed E-state index contributed by atoms with van der Waals surface area (Å²) in [5, 5.41) is 13.6. The summed E-state index contributed by atoms with van der Waals surface area (Å²) >= 11 is 0. The number of ketones is 2. The molecule has 0 bridgehead atoms. The van der Waals surface area contributed by atoms with E-state index in [0.29, 0.717) is 25.9 Å². The van der Waals surface area contributed by atoms with Gasteiger partial charge in [0.15, 0.2) is 17.2 Å². The van der Waals surface area contributed by atoms with Gasteiger partial charge in [0.05, 0.1) is 12.4 Å². The van der Waals surface area contributed by atoms with E-state index in [-0.39, 0.29) is 35.2 Å². The number of benzene rings is 1. The van der Waals surface area contributed by atoms with Crippen molar-refractivity contribution in [2.45, 2.75) is 57.8 Å². The fourth-order valence-electron chi connectivity index (χ4n) is 9.00. The first-order valence-corrected chi connectivity index (χ1v) is 15.6. The van der Waals surface area contributed by atoms with Gasteiger partial charge in [0.2, 0.25) is 0 Å². The molecule has 0 amide bonds. The van der Waals surface area contributed by atoms with E-state index in [1.165, 1.54) is 0 Å². The topological polar surface area (TPSA) is 110 Å². The quantitative estimate of drug-likeness (QED) is 0.421. The molecule has 2 saturated carbocycles. The first-order valence-electron chi connectivity index (χ1n) is 13.8. The SMILES string of the molecule is C[C@]12C=CC(=O)CC1=CC[C@@H]1[C@@H]2[C@@H](O)C[C@@]2(C)[C@H]1C[C@H]1CN(Cc3ccccc3)O[C@]12C(=O)COS(C)(=O)=O. The normalized spacial score (nSPS) is 41.4. The number of carbonyl (C=O) groups excluding carboxylic acids is 2. The van der Waals surface area contributed by atoms with Gasteiger partial charge in [-0.1, -0.05) is 61.9 Å². The Morgan fingerprint density at radius 3 is 2.69 bits per heavy atom. The lowest BCUT2D eigenvalue weighted by atomic mass is 9.47. The fraction of sp³-hybridized carbons (Fsp3) is 0.600. The lowest BCUT2D eigenvalue weighted by Crippen LogP contribution is -2.63. The lowest BCUT2D eigenvalue weighted by molar-refractivity contribution is -0.253. The summed E-state index contributed by atoms with van der Waals surface area (Å²) in [5.41, 5.74) is -0.306. The second-order valence-electron chi connectivity index (χ2n) is 12.7. The molecule has 0 spiro atoms. The molecule has 1 aromatic rings. The Hall–Kier alpha value is -2.17. The van der Waals surface area contributed by atoms with E-state index < -0.39 is 39.3 Å². The van der Waals surface area contributed by atoms with Gasteiger partial charge in [-0.05, 0) is 42.7 Å². The van der Waals surface area contributed by atoms with Crippen molar-refractivity contribution in [3.63, 3.8) is 0 Å². The summed E-state index contributed by atoms with van der Waals surface area (Å²) in [5.74, 6) is -0.353. The number of fused-ring (bicyclic) bond motifs is 7. The molecule has 1 aliphatic heterocycles. The Morgan fingerprint density at radius 2 is 1.97 bits per heavy atom. The van der Waals surface area contributed by atoms with E-state index in [4.69, 9.17) is 9.02 Å². The van der Waals surface area contributed by atoms with Gasteiger partial charge < -0.3 is 5.11 Å². The van der Waals surface area contributed by atoms with Crippen LogP contribution in [0.5, 0.6) is 0 Å². The van der Waals surface area contributed by atoms with Crippen LogP contribution < -0.4 is 0 Å². The zero-order valence-electron chi connectivity index (χ0n) is 22.7. The van der Waals surface area contributed by atoms with E-state index >= 15 is 0 Å². The van der Waals surface area contributed by atoms with Crippen molar-refractivity contribution < 1.29 is 32.1 Å². The summed E-state index contributed by atoms with van der Waals surface area (Å²) in [7, 11) is -3.83. The molecule has 210 valence electrons. The predicted molar refractivity (Wildman–Crippen MR) is 143 cm³/mol. The number of allylic oxidation sites excluding steroid dienone is 4. The van der Waals surface area contributed by atoms with Crippen molar-refractivity contribution >= 4 is 21.7 Å². The predicted octanol–water partition coefficient (Wildman–Crippen LogP) is 3.22. The first-order chi connectivity index (χ1) is 18.4. The highest BCUT2D eigenvalue weighted by molar-refractivity contribution is 7.86. The molecule has 0 unspecified atom stereocenters. The molecule has 8 nitrogen and oxygen atoms in total. The van der Waals surface area contributed by atoms with Crippen LogP contribution >= 0.6 is 0 Å². The smallest absolute Gasteiger partial charge is 0.264 e. The largest absolute Gasteiger partial charge is 0.393 e. The number of aliphatic hydroxyl groups excluding tert-OH is 1. The monoisotopic (exact) mass is 555 g/mol. The van der Waals surface area contributed by atoms with Gasteiger partial charge in [0, 0.05) is 42.2 Å². The second-order valence-corrected chi connectivity index (χ2v) is 14.3. The Balaban J connectivity index is 1.37. The molecular formula is C30H37NO7S. The van der Waals surface area contributed by atoms with Crippen molar-refractivity contribution in [3.8, 4) is 0 Å². The van der Waals surface area contributed by atoms with E-state index in [9.17, 15) is 23.1 Å². The number of hydroxylamine groups is 2. The highest BCUT2D eigenvalue weighted by Gasteiger charge is 2.75. The van der Waals surface area contributed by atoms with Crippen LogP contribution in [0.4, 0.5) is 0 Å². The van der Waals surface area contributed by atoms with E-state index in [2.05, 4.69) is 13.0 Å². The minimum atomic E-state index is -3.83. The van der Waals surface area contributed by atoms with E-state index in [1.807, 2.05) is 48.4 Å². The average molecular weight is 556 g/mol. The highest BCUT2D eigenvalue weighted by atomic mass is 32.2. The van der Waals surface area contributed by atoms with E-state index in [0.717, 1.165) is 30.2 Å². The van der Waals surface area contributed by atoms with Crippen molar-refractivity contribution in [3.05, 3.63) is 59.7 Å². The van der Waals surface area contributed by atoms with Gasteiger partial charge in [-0.2, -0.15) is 13.5 Å². The molecule has 9 heteroatoms. The number of rotatable bonds is 6. The number of hydrogen-bond acceptors (Lipinski definition) is 8. The molecule has 3 fully saturated rings. The number of hydrogen-bond donors (Lipinski definition) is 1. The molecule has 8 atom stereocenters. The zero-order valence-corrected chi connectivity index (χ0v) is 23.5. The maximum atomic E-state index is 14.1. The summed E-state index contributed by atoms with van der Waals surface area (Å²) in [6, 6.07) is 9.88. The third-order valence-corrected chi connectivity index (χ3v) is 11.1. The third kappa shape index (κ3) is 4.11. The first kappa shape index (κ1) is 27.0. The van der Waals surface area contributed by atoms with Crippen molar-refractivity contribution in [2.24, 2.45) is 34.5 Å². The molecule has 39 heavy (non-hydrogen) atoms. The van der Waals surface area contributed by atoms with Gasteiger partial charge in [-0.25, -0.2) is 0 Å². The van der Waals surface area contributed by atoms with Gasteiger partial charge >= 0.3 is 0 Å². The molecule has 5 aliphatic rings. The third-order valence-electron chi connectivity index (χ3n) is 10.5. The molecule has 4 aliphatic carbocycles. The Bertz CT molecular complexity index is 1360. The molecule has 1 saturated heterocycles. The van der Waals surface area contributed by atoms with Gasteiger partial charge in [-0.3, -0.25) is 18.6 Å². The maximum absolute atomic E-state index is 14.1. The minimum Gasteiger partial charge on any atom is -0.393 e. The van der Waals surface area contributed by atoms with Gasteiger partial charge in [-0.15, -0.1) is 0 Å². The maximum Gasteiger partial charge on any atom is 0.264 e. The molecular weight excluding hydrogens is 518 g/mol. The summed E-state index contributed by atoms with van der Waals surface area (Å²) < 4.78 is 28.7. The molecule has 1 N–H and O–H groups in total. The highest BCUT2D eigenvalue weighted by Crippen LogP contribution is 2.70. The zero-order chi connectivity index (χ0) is 27.8. The van der Waals surface area contributed by atoms with Crippen LogP contribution in [0, 0.1) is 34.5 Å². The number of carbonyl (C=O) groups is 2. The molecule has 0 radical (unpaired) electrons. The Labute approximate surface area is 230 Å². The Kier molecular flexibility index (Phi) is 6.36. The van der Waals surface area contributed by atoms with Crippen LogP contribution in [0.1, 0.15) is 45.1 Å². The summed E-state index contributed by atoms with van der Waals surface area (Å²) in [6.07, 6.45) is 8.24. The second kappa shape index (κ2) is 9.17. The van der Waals surface area contributed by atoms with Crippen molar-refractivity contribution in [1.82, 2.24) is 5.06 Å². The molecule has 6 rings (SSSR count). The van der Waals surface area contributed by atoms with E-state index in [1.54, 1.807) is 6.08 Å². The summed E-state index contributed by atoms with van der Waals surface area (Å²) in [6.45, 7) is 4.61. The fourth-order valence-corrected chi connectivity index (χ4v) is 9.32. The lowest BCUT2D eigenvalue weighted by Gasteiger charge is -2.59. The van der Waals surface area contributed by atoms with Crippen LogP contribution in [-0.4, -0.2) is 61.3 Å². The molecule has 1 heterocycles. The number of nitrogens with zero attached hydrogens (tertiary/aromatic N) is 1. The van der Waals surface area contributed by atoms with Crippen LogP contribution in [0.15, 0.2) is 54.1 Å². The van der Waals surface area contributed by atoms with Crippen molar-refractivity contribution in [1.29, 1.82) is 0 Å². The van der Waals surface area contributed by atoms with Crippen molar-refractivity contribution in [2.75, 3.05) is 19.4 Å². The Morgan fingerprint density at radius 1 is 1.23 bits per heavy atom. The van der Waals surface area contributed by atoms with Crippen LogP contribution in [0.2, 0.25) is 0 Å². The van der Waals surface area contributed by atoms with Gasteiger partial charge in [0.25, 0.3) is 10.1 Å². The van der Waals surface area contributed by atoms with Crippen LogP contribution in [0.3, 0.4) is 0 Å².